The molecule has 4 heteroatoms. The second-order valence-corrected chi connectivity index (χ2v) is 5.52. The quantitative estimate of drug-likeness (QED) is 0.825. The summed E-state index contributed by atoms with van der Waals surface area (Å²) in [7, 11) is 2.00. The van der Waals surface area contributed by atoms with Crippen molar-refractivity contribution in [2.45, 2.75) is 10.4 Å². The van der Waals surface area contributed by atoms with Gasteiger partial charge in [-0.1, -0.05) is 42.1 Å². The van der Waals surface area contributed by atoms with Crippen molar-refractivity contribution in [3.05, 3.63) is 47.5 Å². The third-order valence-electron chi connectivity index (χ3n) is 2.33. The molecule has 84 valence electrons. The lowest BCUT2D eigenvalue weighted by Gasteiger charge is -2.15. The van der Waals surface area contributed by atoms with Crippen molar-refractivity contribution in [1.82, 2.24) is 10.3 Å². The average molecular weight is 250 g/mol. The average Bonchev–Trinajstić information content (AvgIpc) is 2.84. The minimum absolute atomic E-state index is 0.384. The number of nitrogens with one attached hydrogen (secondary N) is 1. The number of benzene rings is 1. The molecule has 0 radical (unpaired) electrons. The van der Waals surface area contributed by atoms with E-state index in [1.807, 2.05) is 24.7 Å². The van der Waals surface area contributed by atoms with Crippen molar-refractivity contribution in [3.63, 3.8) is 0 Å². The lowest BCUT2D eigenvalue weighted by Crippen LogP contribution is -2.18. The first-order valence-electron chi connectivity index (χ1n) is 5.14. The zero-order valence-corrected chi connectivity index (χ0v) is 10.7. The Hall–Kier alpha value is -0.840. The molecule has 0 amide bonds. The van der Waals surface area contributed by atoms with Crippen LogP contribution in [0.2, 0.25) is 0 Å². The molecule has 2 aromatic rings. The van der Waals surface area contributed by atoms with Crippen LogP contribution in [0.4, 0.5) is 0 Å². The molecule has 0 fully saturated rings. The SMILES string of the molecule is CNC(CSc1nccs1)c1ccccc1. The third kappa shape index (κ3) is 3.07. The maximum Gasteiger partial charge on any atom is 0.149 e. The summed E-state index contributed by atoms with van der Waals surface area (Å²) in [4.78, 5) is 4.27. The van der Waals surface area contributed by atoms with Crippen LogP contribution < -0.4 is 5.32 Å². The van der Waals surface area contributed by atoms with E-state index in [1.54, 1.807) is 23.1 Å². The van der Waals surface area contributed by atoms with Gasteiger partial charge >= 0.3 is 0 Å². The van der Waals surface area contributed by atoms with Gasteiger partial charge < -0.3 is 5.32 Å². The van der Waals surface area contributed by atoms with Gasteiger partial charge in [0.1, 0.15) is 4.34 Å². The molecule has 0 saturated carbocycles. The first-order valence-corrected chi connectivity index (χ1v) is 7.01. The maximum atomic E-state index is 4.27. The molecule has 1 N–H and O–H groups in total. The van der Waals surface area contributed by atoms with E-state index in [4.69, 9.17) is 0 Å². The third-order valence-corrected chi connectivity index (χ3v) is 4.39. The molecule has 0 saturated heterocycles. The number of hydrogen-bond donors (Lipinski definition) is 1. The topological polar surface area (TPSA) is 24.9 Å². The van der Waals surface area contributed by atoms with Gasteiger partial charge in [0.25, 0.3) is 0 Å². The monoisotopic (exact) mass is 250 g/mol. The second kappa shape index (κ2) is 6.03. The van der Waals surface area contributed by atoms with E-state index < -0.39 is 0 Å². The van der Waals surface area contributed by atoms with Crippen molar-refractivity contribution in [1.29, 1.82) is 0 Å². The van der Waals surface area contributed by atoms with Crippen molar-refractivity contribution in [3.8, 4) is 0 Å². The van der Waals surface area contributed by atoms with Crippen molar-refractivity contribution in [2.24, 2.45) is 0 Å². The fourth-order valence-electron chi connectivity index (χ4n) is 1.47. The number of thiazole rings is 1. The molecule has 2 nitrogen and oxygen atoms in total. The Labute approximate surface area is 104 Å². The van der Waals surface area contributed by atoms with Crippen LogP contribution in [0.15, 0.2) is 46.2 Å². The Kier molecular flexibility index (Phi) is 4.39. The maximum absolute atomic E-state index is 4.27. The number of nitrogens with zero attached hydrogens (tertiary/aromatic N) is 1. The van der Waals surface area contributed by atoms with Gasteiger partial charge in [0, 0.05) is 23.4 Å². The van der Waals surface area contributed by atoms with Crippen LogP contribution in [0.1, 0.15) is 11.6 Å². The summed E-state index contributed by atoms with van der Waals surface area (Å²) in [5.74, 6) is 1.01. The van der Waals surface area contributed by atoms with Gasteiger partial charge in [0.15, 0.2) is 0 Å². The largest absolute Gasteiger partial charge is 0.312 e. The highest BCUT2D eigenvalue weighted by molar-refractivity contribution is 8.01. The van der Waals surface area contributed by atoms with E-state index in [0.717, 1.165) is 10.1 Å². The standard InChI is InChI=1S/C12H14N2S2/c1-13-11(10-5-3-2-4-6-10)9-16-12-14-7-8-15-12/h2-8,11,13H,9H2,1H3. The van der Waals surface area contributed by atoms with Gasteiger partial charge in [-0.25, -0.2) is 4.98 Å². The molecule has 0 spiro atoms. The number of rotatable bonds is 5. The molecule has 0 aliphatic rings. The summed E-state index contributed by atoms with van der Waals surface area (Å²) in [5.41, 5.74) is 1.33. The molecule has 1 aromatic heterocycles. The Bertz CT molecular complexity index is 400. The van der Waals surface area contributed by atoms with Gasteiger partial charge in [0.2, 0.25) is 0 Å². The molecule has 0 aliphatic heterocycles. The summed E-state index contributed by atoms with van der Waals surface area (Å²) < 4.78 is 1.14. The molecule has 0 aliphatic carbocycles. The Morgan fingerprint density at radius 1 is 1.38 bits per heavy atom. The molecule has 2 rings (SSSR count). The summed E-state index contributed by atoms with van der Waals surface area (Å²) in [6, 6.07) is 10.9. The molecule has 1 heterocycles. The highest BCUT2D eigenvalue weighted by Gasteiger charge is 2.09. The summed E-state index contributed by atoms with van der Waals surface area (Å²) in [5, 5.41) is 5.35. The zero-order valence-electron chi connectivity index (χ0n) is 9.09. The predicted octanol–water partition coefficient (Wildman–Crippen LogP) is 3.20. The summed E-state index contributed by atoms with van der Waals surface area (Å²) >= 11 is 3.49. The minimum Gasteiger partial charge on any atom is -0.312 e. The smallest absolute Gasteiger partial charge is 0.149 e. The predicted molar refractivity (Wildman–Crippen MR) is 71.1 cm³/mol. The van der Waals surface area contributed by atoms with Gasteiger partial charge in [-0.2, -0.15) is 0 Å². The molecule has 1 unspecified atom stereocenters. The number of hydrogen-bond acceptors (Lipinski definition) is 4. The van der Waals surface area contributed by atoms with Gasteiger partial charge in [-0.05, 0) is 12.6 Å². The summed E-state index contributed by atoms with van der Waals surface area (Å²) in [6.45, 7) is 0. The summed E-state index contributed by atoms with van der Waals surface area (Å²) in [6.07, 6.45) is 1.85. The normalized spacial score (nSPS) is 12.6. The van der Waals surface area contributed by atoms with Crippen LogP contribution in [-0.2, 0) is 0 Å². The van der Waals surface area contributed by atoms with Crippen LogP contribution in [0, 0.1) is 0 Å². The number of thioether (sulfide) groups is 1. The zero-order chi connectivity index (χ0) is 11.2. The lowest BCUT2D eigenvalue weighted by atomic mass is 10.1. The second-order valence-electron chi connectivity index (χ2n) is 3.36. The van der Waals surface area contributed by atoms with Crippen LogP contribution in [0.5, 0.6) is 0 Å². The van der Waals surface area contributed by atoms with Crippen LogP contribution in [-0.4, -0.2) is 17.8 Å². The van der Waals surface area contributed by atoms with E-state index in [9.17, 15) is 0 Å². The molecule has 1 aromatic carbocycles. The molecular weight excluding hydrogens is 236 g/mol. The van der Waals surface area contributed by atoms with Gasteiger partial charge in [0.05, 0.1) is 0 Å². The Balaban J connectivity index is 1.96. The molecule has 0 bridgehead atoms. The molecule has 16 heavy (non-hydrogen) atoms. The van der Waals surface area contributed by atoms with Crippen LogP contribution in [0.25, 0.3) is 0 Å². The van der Waals surface area contributed by atoms with Crippen molar-refractivity contribution >= 4 is 23.1 Å². The Morgan fingerprint density at radius 2 is 2.19 bits per heavy atom. The van der Waals surface area contributed by atoms with Crippen molar-refractivity contribution < 1.29 is 0 Å². The highest BCUT2D eigenvalue weighted by Crippen LogP contribution is 2.25. The first kappa shape index (κ1) is 11.6. The molecular formula is C12H14N2S2. The van der Waals surface area contributed by atoms with Crippen molar-refractivity contribution in [2.75, 3.05) is 12.8 Å². The van der Waals surface area contributed by atoms with E-state index in [0.29, 0.717) is 6.04 Å². The first-order chi connectivity index (χ1) is 7.90. The Morgan fingerprint density at radius 3 is 2.81 bits per heavy atom. The van der Waals surface area contributed by atoms with Gasteiger partial charge in [-0.3, -0.25) is 0 Å². The van der Waals surface area contributed by atoms with E-state index >= 15 is 0 Å². The molecule has 1 atom stereocenters. The van der Waals surface area contributed by atoms with E-state index in [1.165, 1.54) is 5.56 Å². The fourth-order valence-corrected chi connectivity index (χ4v) is 3.27. The van der Waals surface area contributed by atoms with Crippen LogP contribution in [0.3, 0.4) is 0 Å². The van der Waals surface area contributed by atoms with E-state index in [2.05, 4.69) is 34.6 Å². The minimum atomic E-state index is 0.384. The fraction of sp³-hybridized carbons (Fsp3) is 0.250. The van der Waals surface area contributed by atoms with Gasteiger partial charge in [-0.15, -0.1) is 11.3 Å². The van der Waals surface area contributed by atoms with E-state index in [-0.39, 0.29) is 0 Å². The lowest BCUT2D eigenvalue weighted by molar-refractivity contribution is 0.662. The number of aromatic nitrogens is 1. The highest BCUT2D eigenvalue weighted by atomic mass is 32.2. The van der Waals surface area contributed by atoms with Crippen LogP contribution >= 0.6 is 23.1 Å².